The molecule has 0 fully saturated rings. The van der Waals surface area contributed by atoms with Crippen LogP contribution in [0.1, 0.15) is 32.2 Å². The molecule has 0 radical (unpaired) electrons. The minimum atomic E-state index is -0.489. The Hall–Kier alpha value is -3.34. The minimum Gasteiger partial charge on any atom is -0.454 e. The van der Waals surface area contributed by atoms with Crippen LogP contribution in [0.3, 0.4) is 0 Å². The van der Waals surface area contributed by atoms with Crippen LogP contribution in [0.5, 0.6) is 11.5 Å². The zero-order chi connectivity index (χ0) is 23.9. The molecule has 0 saturated heterocycles. The van der Waals surface area contributed by atoms with Gasteiger partial charge in [0.2, 0.25) is 12.7 Å². The monoisotopic (exact) mass is 471 g/mol. The molecule has 2 aromatic heterocycles. The molecule has 11 heteroatoms. The molecule has 0 saturated carbocycles. The maximum atomic E-state index is 12.9. The Morgan fingerprint density at radius 1 is 1.12 bits per heavy atom. The number of aromatic nitrogens is 4. The molecule has 0 unspecified atom stereocenters. The molecular weight excluding hydrogens is 446 g/mol. The third-order valence-corrected chi connectivity index (χ3v) is 6.18. The second-order valence-electron chi connectivity index (χ2n) is 8.76. The normalized spacial score (nSPS) is 12.9. The van der Waals surface area contributed by atoms with Gasteiger partial charge in [-0.15, -0.1) is 0 Å². The first kappa shape index (κ1) is 22.8. The Morgan fingerprint density at radius 2 is 1.85 bits per heavy atom. The van der Waals surface area contributed by atoms with Crippen LogP contribution in [0.2, 0.25) is 0 Å². The Balaban J connectivity index is 1.58. The third kappa shape index (κ3) is 4.45. The van der Waals surface area contributed by atoms with E-state index in [-0.39, 0.29) is 29.5 Å². The third-order valence-electron chi connectivity index (χ3n) is 5.20. The van der Waals surface area contributed by atoms with Crippen molar-refractivity contribution >= 4 is 28.7 Å². The summed E-state index contributed by atoms with van der Waals surface area (Å²) in [6.45, 7) is 6.35. The van der Waals surface area contributed by atoms with Crippen molar-refractivity contribution in [2.45, 2.75) is 37.8 Å². The van der Waals surface area contributed by atoms with Gasteiger partial charge in [0.1, 0.15) is 16.2 Å². The van der Waals surface area contributed by atoms with Gasteiger partial charge in [-0.3, -0.25) is 18.7 Å². The van der Waals surface area contributed by atoms with Gasteiger partial charge in [0, 0.05) is 26.1 Å². The number of hydrogen-bond acceptors (Lipinski definition) is 8. The number of rotatable bonds is 5. The average molecular weight is 472 g/mol. The number of benzene rings is 1. The number of nitrogens with one attached hydrogen (secondary N) is 1. The lowest BCUT2D eigenvalue weighted by molar-refractivity contribution is -0.118. The van der Waals surface area contributed by atoms with Crippen molar-refractivity contribution in [3.05, 3.63) is 50.4 Å². The number of thioether (sulfide) groups is 1. The standard InChI is InChI=1S/C22H25N5O5S/c1-22(2,3)20-24-17-16(19(29)27(5)21(30)26(17)4)18(25-20)33-10-15(28)23-9-12-6-7-13-14(8-12)32-11-31-13/h6-8H,9-11H2,1-5H3,(H,23,28). The van der Waals surface area contributed by atoms with Crippen molar-refractivity contribution in [1.82, 2.24) is 24.4 Å². The van der Waals surface area contributed by atoms with E-state index < -0.39 is 16.7 Å². The first-order valence-electron chi connectivity index (χ1n) is 10.3. The van der Waals surface area contributed by atoms with Gasteiger partial charge in [-0.05, 0) is 17.7 Å². The molecule has 0 bridgehead atoms. The molecule has 0 spiro atoms. The van der Waals surface area contributed by atoms with E-state index in [2.05, 4.69) is 15.3 Å². The second kappa shape index (κ2) is 8.54. The SMILES string of the molecule is Cn1c(=O)c2c(SCC(=O)NCc3ccc4c(c3)OCO4)nc(C(C)(C)C)nc2n(C)c1=O. The van der Waals surface area contributed by atoms with E-state index >= 15 is 0 Å². The zero-order valence-electron chi connectivity index (χ0n) is 19.1. The Labute approximate surface area is 193 Å². The largest absolute Gasteiger partial charge is 0.454 e. The number of nitrogens with zero attached hydrogens (tertiary/aromatic N) is 4. The smallest absolute Gasteiger partial charge is 0.332 e. The van der Waals surface area contributed by atoms with Crippen LogP contribution >= 0.6 is 11.8 Å². The predicted octanol–water partition coefficient (Wildman–Crippen LogP) is 1.46. The fourth-order valence-electron chi connectivity index (χ4n) is 3.31. The molecule has 10 nitrogen and oxygen atoms in total. The molecule has 0 atom stereocenters. The number of aryl methyl sites for hydroxylation is 1. The van der Waals surface area contributed by atoms with Gasteiger partial charge in [-0.25, -0.2) is 14.8 Å². The Kier molecular flexibility index (Phi) is 5.91. The molecule has 1 N–H and O–H groups in total. The van der Waals surface area contributed by atoms with Gasteiger partial charge in [0.15, 0.2) is 17.1 Å². The second-order valence-corrected chi connectivity index (χ2v) is 9.72. The molecule has 33 heavy (non-hydrogen) atoms. The van der Waals surface area contributed by atoms with Crippen molar-refractivity contribution in [1.29, 1.82) is 0 Å². The first-order chi connectivity index (χ1) is 15.6. The van der Waals surface area contributed by atoms with Gasteiger partial charge in [0.25, 0.3) is 5.56 Å². The van der Waals surface area contributed by atoms with E-state index in [1.54, 1.807) is 13.1 Å². The molecule has 1 aromatic carbocycles. The molecule has 3 aromatic rings. The summed E-state index contributed by atoms with van der Waals surface area (Å²) in [5.74, 6) is 1.65. The molecular formula is C22H25N5O5S. The van der Waals surface area contributed by atoms with Crippen molar-refractivity contribution in [2.24, 2.45) is 14.1 Å². The summed E-state index contributed by atoms with van der Waals surface area (Å²) >= 11 is 1.14. The summed E-state index contributed by atoms with van der Waals surface area (Å²) in [4.78, 5) is 46.9. The molecule has 1 aliphatic heterocycles. The highest BCUT2D eigenvalue weighted by atomic mass is 32.2. The zero-order valence-corrected chi connectivity index (χ0v) is 19.9. The van der Waals surface area contributed by atoms with Crippen LogP contribution in [0.15, 0.2) is 32.8 Å². The quantitative estimate of drug-likeness (QED) is 0.439. The summed E-state index contributed by atoms with van der Waals surface area (Å²) in [5.41, 5.74) is -0.238. The van der Waals surface area contributed by atoms with Crippen LogP contribution in [-0.2, 0) is 30.8 Å². The van der Waals surface area contributed by atoms with E-state index in [1.165, 1.54) is 11.6 Å². The number of fused-ring (bicyclic) bond motifs is 2. The number of hydrogen-bond donors (Lipinski definition) is 1. The first-order valence-corrected chi connectivity index (χ1v) is 11.3. The number of ether oxygens (including phenoxy) is 2. The van der Waals surface area contributed by atoms with Crippen LogP contribution < -0.4 is 26.0 Å². The van der Waals surface area contributed by atoms with Gasteiger partial charge >= 0.3 is 5.69 Å². The minimum absolute atomic E-state index is 0.0479. The Bertz CT molecular complexity index is 1370. The van der Waals surface area contributed by atoms with E-state index in [1.807, 2.05) is 32.9 Å². The summed E-state index contributed by atoms with van der Waals surface area (Å²) in [6.07, 6.45) is 0. The van der Waals surface area contributed by atoms with E-state index in [0.29, 0.717) is 28.9 Å². The fourth-order valence-corrected chi connectivity index (χ4v) is 4.15. The van der Waals surface area contributed by atoms with E-state index in [0.717, 1.165) is 21.9 Å². The summed E-state index contributed by atoms with van der Waals surface area (Å²) < 4.78 is 13.0. The highest BCUT2D eigenvalue weighted by Crippen LogP contribution is 2.32. The molecule has 4 rings (SSSR count). The summed E-state index contributed by atoms with van der Waals surface area (Å²) in [7, 11) is 2.98. The number of amides is 1. The summed E-state index contributed by atoms with van der Waals surface area (Å²) in [6, 6.07) is 5.49. The van der Waals surface area contributed by atoms with E-state index in [9.17, 15) is 14.4 Å². The topological polar surface area (TPSA) is 117 Å². The molecule has 0 aliphatic carbocycles. The highest BCUT2D eigenvalue weighted by Gasteiger charge is 2.24. The molecule has 1 aliphatic rings. The van der Waals surface area contributed by atoms with Gasteiger partial charge in [0.05, 0.1) is 5.75 Å². The van der Waals surface area contributed by atoms with E-state index in [4.69, 9.17) is 9.47 Å². The van der Waals surface area contributed by atoms with Crippen LogP contribution in [0.25, 0.3) is 11.0 Å². The maximum Gasteiger partial charge on any atom is 0.332 e. The predicted molar refractivity (Wildman–Crippen MR) is 124 cm³/mol. The van der Waals surface area contributed by atoms with Crippen LogP contribution in [0, 0.1) is 0 Å². The van der Waals surface area contributed by atoms with Crippen molar-refractivity contribution in [2.75, 3.05) is 12.5 Å². The average Bonchev–Trinajstić information content (AvgIpc) is 3.25. The Morgan fingerprint density at radius 3 is 2.58 bits per heavy atom. The lowest BCUT2D eigenvalue weighted by atomic mass is 9.96. The van der Waals surface area contributed by atoms with Crippen LogP contribution in [0.4, 0.5) is 0 Å². The fraction of sp³-hybridized carbons (Fsp3) is 0.409. The van der Waals surface area contributed by atoms with Gasteiger partial charge in [-0.1, -0.05) is 38.6 Å². The maximum absolute atomic E-state index is 12.9. The van der Waals surface area contributed by atoms with Crippen molar-refractivity contribution in [3.8, 4) is 11.5 Å². The molecule has 174 valence electrons. The van der Waals surface area contributed by atoms with Crippen molar-refractivity contribution < 1.29 is 14.3 Å². The summed E-state index contributed by atoms with van der Waals surface area (Å²) in [5, 5.41) is 3.46. The van der Waals surface area contributed by atoms with Crippen molar-refractivity contribution in [3.63, 3.8) is 0 Å². The van der Waals surface area contributed by atoms with Gasteiger partial charge in [-0.2, -0.15) is 0 Å². The lowest BCUT2D eigenvalue weighted by Gasteiger charge is -2.19. The highest BCUT2D eigenvalue weighted by molar-refractivity contribution is 8.00. The lowest BCUT2D eigenvalue weighted by Crippen LogP contribution is -2.38. The molecule has 1 amide bonds. The number of carbonyl (C=O) groups excluding carboxylic acids is 1. The van der Waals surface area contributed by atoms with Gasteiger partial charge < -0.3 is 14.8 Å². The molecule has 3 heterocycles. The number of carbonyl (C=O) groups is 1. The van der Waals surface area contributed by atoms with Crippen LogP contribution in [-0.4, -0.2) is 37.6 Å².